The van der Waals surface area contributed by atoms with Crippen molar-refractivity contribution in [1.82, 2.24) is 0 Å². The van der Waals surface area contributed by atoms with Crippen LogP contribution in [0.5, 0.6) is 5.75 Å². The van der Waals surface area contributed by atoms with Gasteiger partial charge in [0, 0.05) is 0 Å². The summed E-state index contributed by atoms with van der Waals surface area (Å²) in [7, 11) is 1.44. The van der Waals surface area contributed by atoms with Gasteiger partial charge in [-0.2, -0.15) is 0 Å². The Morgan fingerprint density at radius 3 is 2.94 bits per heavy atom. The van der Waals surface area contributed by atoms with Gasteiger partial charge >= 0.3 is 5.97 Å². The quantitative estimate of drug-likeness (QED) is 0.833. The molecule has 0 radical (unpaired) electrons. The fraction of sp³-hybridized carbons (Fsp3) is 0.533. The Labute approximate surface area is 108 Å². The first-order valence-corrected chi connectivity index (χ1v) is 6.40. The van der Waals surface area contributed by atoms with Crippen LogP contribution in [-0.4, -0.2) is 18.2 Å². The van der Waals surface area contributed by atoms with Crippen molar-refractivity contribution < 1.29 is 14.6 Å². The number of phenols is 1. The zero-order valence-corrected chi connectivity index (χ0v) is 11.1. The minimum Gasteiger partial charge on any atom is -0.508 e. The number of ether oxygens (including phenoxy) is 1. The lowest BCUT2D eigenvalue weighted by Gasteiger charge is -2.14. The fourth-order valence-corrected chi connectivity index (χ4v) is 2.60. The average Bonchev–Trinajstić information content (AvgIpc) is 3.10. The molecule has 1 saturated carbocycles. The average molecular weight is 248 g/mol. The van der Waals surface area contributed by atoms with Gasteiger partial charge in [0.05, 0.1) is 13.0 Å². The Bertz CT molecular complexity index is 453. The molecule has 1 aliphatic rings. The van der Waals surface area contributed by atoms with Crippen molar-refractivity contribution in [3.8, 4) is 5.75 Å². The van der Waals surface area contributed by atoms with Gasteiger partial charge in [-0.1, -0.05) is 24.6 Å². The number of carbonyl (C=O) groups is 1. The van der Waals surface area contributed by atoms with E-state index in [9.17, 15) is 9.90 Å². The van der Waals surface area contributed by atoms with E-state index in [4.69, 9.17) is 4.74 Å². The second-order valence-electron chi connectivity index (χ2n) is 5.32. The van der Waals surface area contributed by atoms with E-state index in [2.05, 4.69) is 6.92 Å². The van der Waals surface area contributed by atoms with E-state index >= 15 is 0 Å². The summed E-state index contributed by atoms with van der Waals surface area (Å²) < 4.78 is 4.75. The molecule has 0 aromatic heterocycles. The summed E-state index contributed by atoms with van der Waals surface area (Å²) in [4.78, 5) is 11.4. The molecular weight excluding hydrogens is 228 g/mol. The monoisotopic (exact) mass is 248 g/mol. The summed E-state index contributed by atoms with van der Waals surface area (Å²) in [5, 5.41) is 9.87. The van der Waals surface area contributed by atoms with Crippen LogP contribution in [0, 0.1) is 18.8 Å². The molecule has 0 saturated heterocycles. The Balaban J connectivity index is 1.99. The van der Waals surface area contributed by atoms with E-state index in [1.165, 1.54) is 7.11 Å². The highest BCUT2D eigenvalue weighted by atomic mass is 16.5. The van der Waals surface area contributed by atoms with Gasteiger partial charge in [0.1, 0.15) is 5.75 Å². The Hall–Kier alpha value is -1.51. The summed E-state index contributed by atoms with van der Waals surface area (Å²) >= 11 is 0. The van der Waals surface area contributed by atoms with E-state index in [-0.39, 0.29) is 17.8 Å². The van der Waals surface area contributed by atoms with Crippen molar-refractivity contribution in [3.05, 3.63) is 29.3 Å². The van der Waals surface area contributed by atoms with Gasteiger partial charge in [-0.05, 0) is 43.2 Å². The number of benzene rings is 1. The molecule has 1 fully saturated rings. The largest absolute Gasteiger partial charge is 0.508 e. The smallest absolute Gasteiger partial charge is 0.308 e. The Morgan fingerprint density at radius 1 is 1.56 bits per heavy atom. The van der Waals surface area contributed by atoms with Crippen LogP contribution in [0.4, 0.5) is 0 Å². The first-order chi connectivity index (χ1) is 8.52. The maximum absolute atomic E-state index is 11.4. The molecule has 1 aromatic carbocycles. The Morgan fingerprint density at radius 2 is 2.28 bits per heavy atom. The molecule has 1 aliphatic carbocycles. The van der Waals surface area contributed by atoms with Gasteiger partial charge in [-0.25, -0.2) is 0 Å². The topological polar surface area (TPSA) is 46.5 Å². The predicted octanol–water partition coefficient (Wildman–Crippen LogP) is 3.00. The van der Waals surface area contributed by atoms with E-state index in [0.717, 1.165) is 24.0 Å². The molecule has 1 aromatic rings. The predicted molar refractivity (Wildman–Crippen MR) is 69.5 cm³/mol. The summed E-state index contributed by atoms with van der Waals surface area (Å²) in [6.45, 7) is 4.12. The van der Waals surface area contributed by atoms with E-state index < -0.39 is 0 Å². The summed E-state index contributed by atoms with van der Waals surface area (Å²) in [6, 6.07) is 5.67. The number of phenolic OH excluding ortho intramolecular Hbond substituents is 1. The number of aromatic hydroxyl groups is 1. The highest BCUT2D eigenvalue weighted by Crippen LogP contribution is 2.46. The molecule has 0 amide bonds. The third kappa shape index (κ3) is 2.66. The van der Waals surface area contributed by atoms with Crippen LogP contribution in [0.15, 0.2) is 18.2 Å². The first kappa shape index (κ1) is 12.9. The van der Waals surface area contributed by atoms with Crippen LogP contribution >= 0.6 is 0 Å². The molecule has 3 nitrogen and oxygen atoms in total. The molecular formula is C15H20O3. The minimum atomic E-state index is -0.0966. The lowest BCUT2D eigenvalue weighted by Crippen LogP contribution is -2.06. The highest BCUT2D eigenvalue weighted by Gasteiger charge is 2.44. The van der Waals surface area contributed by atoms with Gasteiger partial charge in [-0.3, -0.25) is 4.79 Å². The van der Waals surface area contributed by atoms with E-state index in [1.54, 1.807) is 6.07 Å². The van der Waals surface area contributed by atoms with Gasteiger partial charge in [0.2, 0.25) is 0 Å². The van der Waals surface area contributed by atoms with Crippen molar-refractivity contribution in [2.45, 2.75) is 32.6 Å². The number of hydrogen-bond donors (Lipinski definition) is 1. The van der Waals surface area contributed by atoms with Crippen LogP contribution in [0.25, 0.3) is 0 Å². The van der Waals surface area contributed by atoms with Crippen LogP contribution in [0.1, 0.15) is 36.8 Å². The number of rotatable bonds is 4. The van der Waals surface area contributed by atoms with Gasteiger partial charge in [-0.15, -0.1) is 0 Å². The maximum Gasteiger partial charge on any atom is 0.308 e. The lowest BCUT2D eigenvalue weighted by atomic mass is 9.93. The second kappa shape index (κ2) is 5.01. The maximum atomic E-state index is 11.4. The van der Waals surface area contributed by atoms with Crippen molar-refractivity contribution in [2.75, 3.05) is 7.11 Å². The molecule has 0 heterocycles. The van der Waals surface area contributed by atoms with Crippen molar-refractivity contribution in [3.63, 3.8) is 0 Å². The number of aryl methyl sites for hydroxylation is 1. The summed E-state index contributed by atoms with van der Waals surface area (Å²) in [5.74, 6) is 1.00. The SMILES string of the molecule is COC(=O)C1CC1CC(C)c1cc(C)ccc1O. The third-order valence-electron chi connectivity index (χ3n) is 3.80. The lowest BCUT2D eigenvalue weighted by molar-refractivity contribution is -0.142. The van der Waals surface area contributed by atoms with Gasteiger partial charge in [0.15, 0.2) is 0 Å². The number of methoxy groups -OCH3 is 1. The van der Waals surface area contributed by atoms with Crippen LogP contribution in [0.3, 0.4) is 0 Å². The van der Waals surface area contributed by atoms with Crippen LogP contribution in [0.2, 0.25) is 0 Å². The minimum absolute atomic E-state index is 0.0735. The molecule has 1 N–H and O–H groups in total. The fourth-order valence-electron chi connectivity index (χ4n) is 2.60. The molecule has 3 unspecified atom stereocenters. The Kier molecular flexibility index (Phi) is 3.60. The molecule has 98 valence electrons. The number of hydrogen-bond acceptors (Lipinski definition) is 3. The molecule has 3 atom stereocenters. The summed E-state index contributed by atoms with van der Waals surface area (Å²) in [5.41, 5.74) is 2.13. The van der Waals surface area contributed by atoms with Crippen molar-refractivity contribution in [1.29, 1.82) is 0 Å². The molecule has 0 bridgehead atoms. The number of carbonyl (C=O) groups excluding carboxylic acids is 1. The van der Waals surface area contributed by atoms with E-state index in [1.807, 2.05) is 19.1 Å². The summed E-state index contributed by atoms with van der Waals surface area (Å²) in [6.07, 6.45) is 1.85. The van der Waals surface area contributed by atoms with Crippen LogP contribution < -0.4 is 0 Å². The molecule has 0 spiro atoms. The molecule has 3 heteroatoms. The zero-order valence-electron chi connectivity index (χ0n) is 11.1. The normalized spacial score (nSPS) is 23.5. The van der Waals surface area contributed by atoms with Gasteiger partial charge < -0.3 is 9.84 Å². The molecule has 18 heavy (non-hydrogen) atoms. The van der Waals surface area contributed by atoms with Crippen molar-refractivity contribution >= 4 is 5.97 Å². The van der Waals surface area contributed by atoms with Gasteiger partial charge in [0.25, 0.3) is 0 Å². The standard InChI is InChI=1S/C15H20O3/c1-9-4-5-14(16)12(6-9)10(2)7-11-8-13(11)15(17)18-3/h4-6,10-11,13,16H,7-8H2,1-3H3. The third-order valence-corrected chi connectivity index (χ3v) is 3.80. The van der Waals surface area contributed by atoms with Crippen molar-refractivity contribution in [2.24, 2.45) is 11.8 Å². The van der Waals surface area contributed by atoms with Crippen LogP contribution in [-0.2, 0) is 9.53 Å². The van der Waals surface area contributed by atoms with E-state index in [0.29, 0.717) is 11.7 Å². The second-order valence-corrected chi connectivity index (χ2v) is 5.32. The first-order valence-electron chi connectivity index (χ1n) is 6.40. The zero-order chi connectivity index (χ0) is 13.3. The molecule has 0 aliphatic heterocycles. The number of esters is 1. The highest BCUT2D eigenvalue weighted by molar-refractivity contribution is 5.75. The molecule has 2 rings (SSSR count).